The van der Waals surface area contributed by atoms with E-state index in [-0.39, 0.29) is 0 Å². The lowest BCUT2D eigenvalue weighted by Gasteiger charge is -2.05. The molecule has 20 heavy (non-hydrogen) atoms. The summed E-state index contributed by atoms with van der Waals surface area (Å²) in [6.07, 6.45) is 2.65. The van der Waals surface area contributed by atoms with Crippen molar-refractivity contribution < 1.29 is 9.53 Å². The maximum Gasteiger partial charge on any atom is 0.360 e. The van der Waals surface area contributed by atoms with Crippen LogP contribution < -0.4 is 0 Å². The van der Waals surface area contributed by atoms with Gasteiger partial charge in [0.25, 0.3) is 0 Å². The molecule has 2 aromatic rings. The van der Waals surface area contributed by atoms with Crippen molar-refractivity contribution in [1.82, 2.24) is 15.0 Å². The molecule has 5 nitrogen and oxygen atoms in total. The quantitative estimate of drug-likeness (QED) is 0.757. The van der Waals surface area contributed by atoms with E-state index in [0.29, 0.717) is 12.1 Å². The van der Waals surface area contributed by atoms with Crippen LogP contribution >= 0.6 is 0 Å². The van der Waals surface area contributed by atoms with Crippen molar-refractivity contribution in [2.75, 3.05) is 7.11 Å². The topological polar surface area (TPSA) is 57.0 Å². The number of rotatable bonds is 6. The molecule has 1 aromatic heterocycles. The molecule has 5 heteroatoms. The molecule has 0 amide bonds. The molecule has 0 spiro atoms. The fourth-order valence-electron chi connectivity index (χ4n) is 2.20. The second-order valence-corrected chi connectivity index (χ2v) is 4.54. The van der Waals surface area contributed by atoms with E-state index in [1.54, 1.807) is 4.68 Å². The Bertz CT molecular complexity index is 564. The minimum absolute atomic E-state index is 0.328. The molecule has 0 saturated heterocycles. The summed E-state index contributed by atoms with van der Waals surface area (Å²) < 4.78 is 6.51. The maximum absolute atomic E-state index is 11.6. The van der Waals surface area contributed by atoms with Gasteiger partial charge in [-0.2, -0.15) is 0 Å². The second-order valence-electron chi connectivity index (χ2n) is 4.54. The molecular formula is C15H19N3O2. The molecule has 106 valence electrons. The summed E-state index contributed by atoms with van der Waals surface area (Å²) in [5.41, 5.74) is 2.47. The summed E-state index contributed by atoms with van der Waals surface area (Å²) in [6.45, 7) is 2.74. The van der Waals surface area contributed by atoms with Gasteiger partial charge >= 0.3 is 5.97 Å². The zero-order valence-corrected chi connectivity index (χ0v) is 11.9. The number of nitrogens with zero attached hydrogens (tertiary/aromatic N) is 3. The van der Waals surface area contributed by atoms with E-state index in [4.69, 9.17) is 4.74 Å². The van der Waals surface area contributed by atoms with Gasteiger partial charge in [-0.25, -0.2) is 9.48 Å². The number of hydrogen-bond acceptors (Lipinski definition) is 4. The van der Waals surface area contributed by atoms with Gasteiger partial charge in [0.15, 0.2) is 5.69 Å². The first-order valence-corrected chi connectivity index (χ1v) is 6.80. The highest BCUT2D eigenvalue weighted by Crippen LogP contribution is 2.10. The molecule has 0 atom stereocenters. The number of carbonyl (C=O) groups is 1. The van der Waals surface area contributed by atoms with Crippen LogP contribution in [0.2, 0.25) is 0 Å². The van der Waals surface area contributed by atoms with E-state index >= 15 is 0 Å². The highest BCUT2D eigenvalue weighted by atomic mass is 16.5. The average molecular weight is 273 g/mol. The monoisotopic (exact) mass is 273 g/mol. The molecule has 2 rings (SSSR count). The summed E-state index contributed by atoms with van der Waals surface area (Å²) >= 11 is 0. The lowest BCUT2D eigenvalue weighted by Crippen LogP contribution is -2.09. The standard InChI is InChI=1S/C15H19N3O2/c1-3-13-14(15(19)20-2)16-17-18(13)11-7-10-12-8-5-4-6-9-12/h4-6,8-9H,3,7,10-11H2,1-2H3. The smallest absolute Gasteiger partial charge is 0.360 e. The maximum atomic E-state index is 11.6. The minimum Gasteiger partial charge on any atom is -0.464 e. The van der Waals surface area contributed by atoms with Crippen LogP contribution in [0.4, 0.5) is 0 Å². The van der Waals surface area contributed by atoms with E-state index in [9.17, 15) is 4.79 Å². The minimum atomic E-state index is -0.420. The number of hydrogen-bond donors (Lipinski definition) is 0. The zero-order valence-electron chi connectivity index (χ0n) is 11.9. The third kappa shape index (κ3) is 3.23. The largest absolute Gasteiger partial charge is 0.464 e. The number of aryl methyl sites for hydroxylation is 2. The average Bonchev–Trinajstić information content (AvgIpc) is 2.90. The van der Waals surface area contributed by atoms with Crippen LogP contribution in [0.25, 0.3) is 0 Å². The van der Waals surface area contributed by atoms with E-state index in [1.165, 1.54) is 12.7 Å². The Kier molecular flexibility index (Phi) is 4.87. The van der Waals surface area contributed by atoms with Gasteiger partial charge in [-0.15, -0.1) is 5.10 Å². The Morgan fingerprint density at radius 1 is 1.30 bits per heavy atom. The highest BCUT2D eigenvalue weighted by molar-refractivity contribution is 5.88. The number of aromatic nitrogens is 3. The van der Waals surface area contributed by atoms with Crippen LogP contribution in [0.1, 0.15) is 35.1 Å². The lowest BCUT2D eigenvalue weighted by atomic mass is 10.1. The van der Waals surface area contributed by atoms with Crippen LogP contribution in [0.15, 0.2) is 30.3 Å². The van der Waals surface area contributed by atoms with E-state index in [1.807, 2.05) is 25.1 Å². The number of methoxy groups -OCH3 is 1. The fourth-order valence-corrected chi connectivity index (χ4v) is 2.20. The van der Waals surface area contributed by atoms with Gasteiger partial charge in [-0.3, -0.25) is 0 Å². The van der Waals surface area contributed by atoms with Crippen LogP contribution in [0.5, 0.6) is 0 Å². The number of esters is 1. The Morgan fingerprint density at radius 2 is 2.05 bits per heavy atom. The molecule has 0 saturated carbocycles. The summed E-state index contributed by atoms with van der Waals surface area (Å²) in [6, 6.07) is 10.3. The number of benzene rings is 1. The molecule has 0 N–H and O–H groups in total. The van der Waals surface area contributed by atoms with Gasteiger partial charge in [0, 0.05) is 6.54 Å². The molecule has 0 fully saturated rings. The van der Waals surface area contributed by atoms with Crippen LogP contribution in [-0.2, 0) is 24.1 Å². The molecule has 1 heterocycles. The van der Waals surface area contributed by atoms with Gasteiger partial charge in [0.2, 0.25) is 0 Å². The van der Waals surface area contributed by atoms with Gasteiger partial charge in [0.05, 0.1) is 12.8 Å². The molecule has 0 unspecified atom stereocenters. The van der Waals surface area contributed by atoms with Crippen LogP contribution in [0, 0.1) is 0 Å². The summed E-state index contributed by atoms with van der Waals surface area (Å²) in [7, 11) is 1.36. The first-order chi connectivity index (χ1) is 9.76. The molecule has 1 aromatic carbocycles. The SMILES string of the molecule is CCc1c(C(=O)OC)nnn1CCCc1ccccc1. The lowest BCUT2D eigenvalue weighted by molar-refractivity contribution is 0.0592. The van der Waals surface area contributed by atoms with Crippen LogP contribution in [-0.4, -0.2) is 28.1 Å². The van der Waals surface area contributed by atoms with Gasteiger partial charge < -0.3 is 4.74 Å². The third-order valence-corrected chi connectivity index (χ3v) is 3.23. The molecule has 0 bridgehead atoms. The normalized spacial score (nSPS) is 10.5. The van der Waals surface area contributed by atoms with Gasteiger partial charge in [0.1, 0.15) is 0 Å². The van der Waals surface area contributed by atoms with Gasteiger partial charge in [-0.1, -0.05) is 42.5 Å². The Hall–Kier alpha value is -2.17. The first kappa shape index (κ1) is 14.2. The van der Waals surface area contributed by atoms with Crippen LogP contribution in [0.3, 0.4) is 0 Å². The van der Waals surface area contributed by atoms with Crippen molar-refractivity contribution in [2.24, 2.45) is 0 Å². The predicted octanol–water partition coefficient (Wildman–Crippen LogP) is 2.26. The molecule has 0 aliphatic rings. The van der Waals surface area contributed by atoms with Crippen molar-refractivity contribution >= 4 is 5.97 Å². The van der Waals surface area contributed by atoms with Crippen molar-refractivity contribution in [1.29, 1.82) is 0 Å². The number of carbonyl (C=O) groups excluding carboxylic acids is 1. The summed E-state index contributed by atoms with van der Waals surface area (Å²) in [5, 5.41) is 7.97. The zero-order chi connectivity index (χ0) is 14.4. The molecule has 0 aliphatic carbocycles. The van der Waals surface area contributed by atoms with Crippen molar-refractivity contribution in [3.05, 3.63) is 47.3 Å². The van der Waals surface area contributed by atoms with Crippen molar-refractivity contribution in [3.8, 4) is 0 Å². The molecular weight excluding hydrogens is 254 g/mol. The third-order valence-electron chi connectivity index (χ3n) is 3.23. The second kappa shape index (κ2) is 6.84. The van der Waals surface area contributed by atoms with Crippen molar-refractivity contribution in [3.63, 3.8) is 0 Å². The Labute approximate surface area is 118 Å². The van der Waals surface area contributed by atoms with E-state index < -0.39 is 5.97 Å². The Balaban J connectivity index is 1.99. The first-order valence-electron chi connectivity index (χ1n) is 6.80. The summed E-state index contributed by atoms with van der Waals surface area (Å²) in [5.74, 6) is -0.420. The predicted molar refractivity (Wildman–Crippen MR) is 75.5 cm³/mol. The Morgan fingerprint density at radius 3 is 2.70 bits per heavy atom. The molecule has 0 radical (unpaired) electrons. The highest BCUT2D eigenvalue weighted by Gasteiger charge is 2.18. The van der Waals surface area contributed by atoms with Gasteiger partial charge in [-0.05, 0) is 24.8 Å². The van der Waals surface area contributed by atoms with E-state index in [2.05, 4.69) is 22.4 Å². The van der Waals surface area contributed by atoms with E-state index in [0.717, 1.165) is 25.1 Å². The number of ether oxygens (including phenoxy) is 1. The summed E-state index contributed by atoms with van der Waals surface area (Å²) in [4.78, 5) is 11.6. The fraction of sp³-hybridized carbons (Fsp3) is 0.400. The van der Waals surface area contributed by atoms with Crippen molar-refractivity contribution in [2.45, 2.75) is 32.7 Å². The molecule has 0 aliphatic heterocycles.